The van der Waals surface area contributed by atoms with Crippen LogP contribution in [0, 0.1) is 19.7 Å². The molecule has 0 saturated carbocycles. The second-order valence-electron chi connectivity index (χ2n) is 7.75. The SMILES string of the molecule is Cc1cccc(C)c1NC(=O)CCCSc1nnc(-c2ccc(F)cc2)n1-c1ccccc1. The molecule has 0 atom stereocenters. The predicted molar refractivity (Wildman–Crippen MR) is 131 cm³/mol. The van der Waals surface area contributed by atoms with Crippen LogP contribution < -0.4 is 5.32 Å². The van der Waals surface area contributed by atoms with Crippen LogP contribution in [0.15, 0.2) is 78.0 Å². The highest BCUT2D eigenvalue weighted by Gasteiger charge is 2.16. The summed E-state index contributed by atoms with van der Waals surface area (Å²) in [5.74, 6) is 1.08. The zero-order valence-electron chi connectivity index (χ0n) is 18.6. The number of rotatable bonds is 8. The molecule has 5 nitrogen and oxygen atoms in total. The number of aryl methyl sites for hydroxylation is 2. The number of amides is 1. The van der Waals surface area contributed by atoms with Crippen molar-refractivity contribution in [2.75, 3.05) is 11.1 Å². The number of carbonyl (C=O) groups is 1. The number of anilines is 1. The van der Waals surface area contributed by atoms with E-state index >= 15 is 0 Å². The number of nitrogens with zero attached hydrogens (tertiary/aromatic N) is 3. The lowest BCUT2D eigenvalue weighted by molar-refractivity contribution is -0.116. The average molecular weight is 461 g/mol. The summed E-state index contributed by atoms with van der Waals surface area (Å²) in [4.78, 5) is 12.4. The number of hydrogen-bond donors (Lipinski definition) is 1. The molecule has 0 fully saturated rings. The molecule has 0 aliphatic carbocycles. The van der Waals surface area contributed by atoms with Gasteiger partial charge in [-0.3, -0.25) is 9.36 Å². The summed E-state index contributed by atoms with van der Waals surface area (Å²) in [6.45, 7) is 3.99. The van der Waals surface area contributed by atoms with Crippen molar-refractivity contribution in [3.8, 4) is 17.1 Å². The third-order valence-corrected chi connectivity index (χ3v) is 6.29. The fourth-order valence-corrected chi connectivity index (χ4v) is 4.46. The van der Waals surface area contributed by atoms with Gasteiger partial charge < -0.3 is 5.32 Å². The van der Waals surface area contributed by atoms with Gasteiger partial charge in [0.05, 0.1) is 0 Å². The second kappa shape index (κ2) is 10.4. The van der Waals surface area contributed by atoms with Crippen molar-refractivity contribution < 1.29 is 9.18 Å². The first-order valence-corrected chi connectivity index (χ1v) is 11.8. The van der Waals surface area contributed by atoms with Crippen LogP contribution in [-0.2, 0) is 4.79 Å². The molecule has 0 unspecified atom stereocenters. The normalized spacial score (nSPS) is 10.9. The van der Waals surface area contributed by atoms with Crippen LogP contribution in [0.25, 0.3) is 17.1 Å². The van der Waals surface area contributed by atoms with E-state index in [2.05, 4.69) is 15.5 Å². The Morgan fingerprint density at radius 1 is 0.939 bits per heavy atom. The van der Waals surface area contributed by atoms with Gasteiger partial charge in [-0.05, 0) is 67.8 Å². The summed E-state index contributed by atoms with van der Waals surface area (Å²) in [7, 11) is 0. The van der Waals surface area contributed by atoms with Crippen LogP contribution >= 0.6 is 11.8 Å². The molecule has 0 saturated heterocycles. The second-order valence-corrected chi connectivity index (χ2v) is 8.81. The zero-order chi connectivity index (χ0) is 23.2. The molecule has 33 heavy (non-hydrogen) atoms. The van der Waals surface area contributed by atoms with E-state index in [1.54, 1.807) is 23.9 Å². The minimum absolute atomic E-state index is 0.00419. The third kappa shape index (κ3) is 5.49. The Balaban J connectivity index is 1.44. The fraction of sp³-hybridized carbons (Fsp3) is 0.192. The number of nitrogens with one attached hydrogen (secondary N) is 1. The van der Waals surface area contributed by atoms with Crippen LogP contribution in [0.4, 0.5) is 10.1 Å². The lowest BCUT2D eigenvalue weighted by Gasteiger charge is -2.12. The van der Waals surface area contributed by atoms with Crippen molar-refractivity contribution in [1.82, 2.24) is 14.8 Å². The summed E-state index contributed by atoms with van der Waals surface area (Å²) >= 11 is 1.55. The Bertz CT molecular complexity index is 1220. The van der Waals surface area contributed by atoms with E-state index in [1.165, 1.54) is 12.1 Å². The Morgan fingerprint density at radius 2 is 1.64 bits per heavy atom. The smallest absolute Gasteiger partial charge is 0.224 e. The molecule has 1 amide bonds. The molecule has 7 heteroatoms. The Labute approximate surface area is 197 Å². The number of benzene rings is 3. The van der Waals surface area contributed by atoms with Crippen LogP contribution in [0.1, 0.15) is 24.0 Å². The number of thioether (sulfide) groups is 1. The molecule has 1 aromatic heterocycles. The minimum Gasteiger partial charge on any atom is -0.326 e. The summed E-state index contributed by atoms with van der Waals surface area (Å²) in [5, 5.41) is 12.5. The molecule has 0 aliphatic rings. The standard InChI is InChI=1S/C26H25FN4OS/c1-18-8-6-9-19(2)24(18)28-23(32)12-7-17-33-26-30-29-25(20-13-15-21(27)16-14-20)31(26)22-10-4-3-5-11-22/h3-6,8-11,13-16H,7,12,17H2,1-2H3,(H,28,32). The summed E-state index contributed by atoms with van der Waals surface area (Å²) in [5.41, 5.74) is 4.72. The first-order valence-electron chi connectivity index (χ1n) is 10.8. The third-order valence-electron chi connectivity index (χ3n) is 5.28. The van der Waals surface area contributed by atoms with Crippen LogP contribution in [-0.4, -0.2) is 26.4 Å². The molecule has 4 rings (SSSR count). The number of para-hydroxylation sites is 2. The highest BCUT2D eigenvalue weighted by Crippen LogP contribution is 2.28. The highest BCUT2D eigenvalue weighted by atomic mass is 32.2. The van der Waals surface area contributed by atoms with E-state index in [-0.39, 0.29) is 11.7 Å². The summed E-state index contributed by atoms with van der Waals surface area (Å²) in [6, 6.07) is 22.0. The van der Waals surface area contributed by atoms with Crippen molar-refractivity contribution in [2.45, 2.75) is 31.8 Å². The fourth-order valence-electron chi connectivity index (χ4n) is 3.57. The van der Waals surface area contributed by atoms with Crippen molar-refractivity contribution in [2.24, 2.45) is 0 Å². The first kappa shape index (κ1) is 22.7. The van der Waals surface area contributed by atoms with E-state index in [9.17, 15) is 9.18 Å². The van der Waals surface area contributed by atoms with Gasteiger partial charge in [-0.1, -0.05) is 48.2 Å². The first-order chi connectivity index (χ1) is 16.0. The topological polar surface area (TPSA) is 59.8 Å². The van der Waals surface area contributed by atoms with E-state index in [4.69, 9.17) is 0 Å². The maximum atomic E-state index is 13.4. The van der Waals surface area contributed by atoms with E-state index in [0.29, 0.717) is 24.4 Å². The number of carbonyl (C=O) groups excluding carboxylic acids is 1. The van der Waals surface area contributed by atoms with E-state index < -0.39 is 0 Å². The number of halogens is 1. The maximum Gasteiger partial charge on any atom is 0.224 e. The number of aromatic nitrogens is 3. The molecule has 4 aromatic rings. The van der Waals surface area contributed by atoms with Gasteiger partial charge in [0.15, 0.2) is 11.0 Å². The molecule has 0 aliphatic heterocycles. The van der Waals surface area contributed by atoms with Crippen LogP contribution in [0.5, 0.6) is 0 Å². The van der Waals surface area contributed by atoms with Gasteiger partial charge in [-0.2, -0.15) is 0 Å². The molecule has 0 radical (unpaired) electrons. The Kier molecular flexibility index (Phi) is 7.19. The van der Waals surface area contributed by atoms with E-state index in [0.717, 1.165) is 33.2 Å². The maximum absolute atomic E-state index is 13.4. The van der Waals surface area contributed by atoms with Gasteiger partial charge in [0.1, 0.15) is 5.82 Å². The van der Waals surface area contributed by atoms with Crippen molar-refractivity contribution in [1.29, 1.82) is 0 Å². The lowest BCUT2D eigenvalue weighted by atomic mass is 10.1. The lowest BCUT2D eigenvalue weighted by Crippen LogP contribution is -2.13. The average Bonchev–Trinajstić information content (AvgIpc) is 3.24. The molecular formula is C26H25FN4OS. The van der Waals surface area contributed by atoms with Crippen molar-refractivity contribution >= 4 is 23.4 Å². The van der Waals surface area contributed by atoms with Gasteiger partial charge >= 0.3 is 0 Å². The van der Waals surface area contributed by atoms with Crippen molar-refractivity contribution in [3.05, 3.63) is 89.7 Å². The van der Waals surface area contributed by atoms with Gasteiger partial charge in [0.2, 0.25) is 5.91 Å². The number of hydrogen-bond acceptors (Lipinski definition) is 4. The predicted octanol–water partition coefficient (Wildman–Crippen LogP) is 6.20. The van der Waals surface area contributed by atoms with E-state index in [1.807, 2.05) is 66.9 Å². The molecular weight excluding hydrogens is 435 g/mol. The molecule has 0 bridgehead atoms. The zero-order valence-corrected chi connectivity index (χ0v) is 19.4. The van der Waals surface area contributed by atoms with Gasteiger partial charge in [-0.15, -0.1) is 10.2 Å². The molecule has 1 heterocycles. The van der Waals surface area contributed by atoms with Crippen LogP contribution in [0.2, 0.25) is 0 Å². The highest BCUT2D eigenvalue weighted by molar-refractivity contribution is 7.99. The largest absolute Gasteiger partial charge is 0.326 e. The Morgan fingerprint density at radius 3 is 2.33 bits per heavy atom. The summed E-state index contributed by atoms with van der Waals surface area (Å²) < 4.78 is 15.4. The van der Waals surface area contributed by atoms with Gasteiger partial charge in [0.25, 0.3) is 0 Å². The molecule has 168 valence electrons. The summed E-state index contributed by atoms with van der Waals surface area (Å²) in [6.07, 6.45) is 1.13. The van der Waals surface area contributed by atoms with Gasteiger partial charge in [0, 0.05) is 29.1 Å². The molecule has 0 spiro atoms. The quantitative estimate of drug-likeness (QED) is 0.251. The molecule has 1 N–H and O–H groups in total. The monoisotopic (exact) mass is 460 g/mol. The van der Waals surface area contributed by atoms with Crippen LogP contribution in [0.3, 0.4) is 0 Å². The van der Waals surface area contributed by atoms with Gasteiger partial charge in [-0.25, -0.2) is 4.39 Å². The molecule has 3 aromatic carbocycles. The van der Waals surface area contributed by atoms with Crippen molar-refractivity contribution in [3.63, 3.8) is 0 Å². The Hall–Kier alpha value is -3.45. The minimum atomic E-state index is -0.293.